The van der Waals surface area contributed by atoms with Crippen LogP contribution < -0.4 is 5.32 Å². The van der Waals surface area contributed by atoms with E-state index in [2.05, 4.69) is 28.0 Å². The molecule has 0 saturated carbocycles. The quantitative estimate of drug-likeness (QED) is 0.656. The number of carbonyl (C=O) groups is 1. The second-order valence-corrected chi connectivity index (χ2v) is 5.86. The molecule has 0 radical (unpaired) electrons. The maximum absolute atomic E-state index is 11.0. The summed E-state index contributed by atoms with van der Waals surface area (Å²) in [7, 11) is 2.05. The Bertz CT molecular complexity index is 855. The van der Waals surface area contributed by atoms with Crippen LogP contribution in [-0.4, -0.2) is 27.2 Å². The zero-order valence-corrected chi connectivity index (χ0v) is 13.7. The Morgan fingerprint density at radius 3 is 2.83 bits per heavy atom. The van der Waals surface area contributed by atoms with Crippen LogP contribution in [0.2, 0.25) is 0 Å². The smallest absolute Gasteiger partial charge is 0.335 e. The molecule has 0 aliphatic rings. The van der Waals surface area contributed by atoms with Crippen LogP contribution in [0.25, 0.3) is 11.0 Å². The highest BCUT2D eigenvalue weighted by molar-refractivity contribution is 5.87. The van der Waals surface area contributed by atoms with E-state index in [1.54, 1.807) is 18.2 Å². The van der Waals surface area contributed by atoms with E-state index in [0.29, 0.717) is 12.1 Å². The first-order valence-electron chi connectivity index (χ1n) is 8.08. The van der Waals surface area contributed by atoms with Crippen LogP contribution in [0, 0.1) is 0 Å². The minimum Gasteiger partial charge on any atom is -0.478 e. The van der Waals surface area contributed by atoms with E-state index in [-0.39, 0.29) is 0 Å². The topological polar surface area (TPSA) is 67.2 Å². The van der Waals surface area contributed by atoms with Gasteiger partial charge in [0.1, 0.15) is 5.82 Å². The molecule has 2 N–H and O–H groups in total. The van der Waals surface area contributed by atoms with Gasteiger partial charge in [-0.25, -0.2) is 9.78 Å². The molecule has 0 amide bonds. The molecule has 1 heterocycles. The maximum atomic E-state index is 11.0. The molecule has 1 aromatic heterocycles. The number of aryl methyl sites for hydroxylation is 2. The van der Waals surface area contributed by atoms with E-state index in [1.807, 2.05) is 24.3 Å². The van der Waals surface area contributed by atoms with Gasteiger partial charge in [0.15, 0.2) is 0 Å². The number of rotatable bonds is 7. The molecule has 0 aliphatic heterocycles. The van der Waals surface area contributed by atoms with Crippen molar-refractivity contribution in [1.82, 2.24) is 14.9 Å². The highest BCUT2D eigenvalue weighted by atomic mass is 16.4. The molecule has 2 aromatic carbocycles. The van der Waals surface area contributed by atoms with Gasteiger partial charge in [0.05, 0.1) is 16.6 Å². The SMILES string of the molecule is Cn1c(CCCNCc2cccc(C(=O)O)c2)nc2ccccc21. The standard InChI is InChI=1S/C19H21N3O2/c1-22-17-9-3-2-8-16(17)21-18(22)10-5-11-20-13-14-6-4-7-15(12-14)19(23)24/h2-4,6-9,12,20H,5,10-11,13H2,1H3,(H,23,24). The predicted octanol–water partition coefficient (Wildman–Crippen LogP) is 2.99. The monoisotopic (exact) mass is 323 g/mol. The Morgan fingerprint density at radius 2 is 2.04 bits per heavy atom. The molecule has 0 unspecified atom stereocenters. The molecule has 3 aromatic rings. The van der Waals surface area contributed by atoms with Crippen LogP contribution in [0.3, 0.4) is 0 Å². The van der Waals surface area contributed by atoms with Crippen LogP contribution in [0.4, 0.5) is 0 Å². The number of para-hydroxylation sites is 2. The minimum absolute atomic E-state index is 0.328. The highest BCUT2D eigenvalue weighted by Crippen LogP contribution is 2.15. The number of nitrogens with one attached hydrogen (secondary N) is 1. The van der Waals surface area contributed by atoms with Crippen LogP contribution in [-0.2, 0) is 20.0 Å². The molecule has 0 saturated heterocycles. The number of carboxylic acids is 1. The number of carboxylic acid groups (broad SMARTS) is 1. The lowest BCUT2D eigenvalue weighted by molar-refractivity contribution is 0.0696. The summed E-state index contributed by atoms with van der Waals surface area (Å²) in [6, 6.07) is 15.2. The lowest BCUT2D eigenvalue weighted by atomic mass is 10.1. The van der Waals surface area contributed by atoms with E-state index in [0.717, 1.165) is 41.8 Å². The second-order valence-electron chi connectivity index (χ2n) is 5.86. The lowest BCUT2D eigenvalue weighted by Crippen LogP contribution is -2.16. The van der Waals surface area contributed by atoms with E-state index in [4.69, 9.17) is 5.11 Å². The molecule has 3 rings (SSSR count). The summed E-state index contributed by atoms with van der Waals surface area (Å²) in [4.78, 5) is 15.6. The van der Waals surface area contributed by atoms with Crippen molar-refractivity contribution < 1.29 is 9.90 Å². The molecule has 5 nitrogen and oxygen atoms in total. The van der Waals surface area contributed by atoms with Crippen molar-refractivity contribution in [1.29, 1.82) is 0 Å². The number of benzene rings is 2. The summed E-state index contributed by atoms with van der Waals surface area (Å²) in [6.07, 6.45) is 1.89. The van der Waals surface area contributed by atoms with Crippen molar-refractivity contribution in [2.75, 3.05) is 6.54 Å². The van der Waals surface area contributed by atoms with Gasteiger partial charge in [0.2, 0.25) is 0 Å². The van der Waals surface area contributed by atoms with Gasteiger partial charge in [-0.2, -0.15) is 0 Å². The normalized spacial score (nSPS) is 11.0. The average molecular weight is 323 g/mol. The first kappa shape index (κ1) is 16.2. The number of fused-ring (bicyclic) bond motifs is 1. The van der Waals surface area contributed by atoms with Gasteiger partial charge < -0.3 is 15.0 Å². The molecular formula is C19H21N3O2. The minimum atomic E-state index is -0.890. The van der Waals surface area contributed by atoms with Gasteiger partial charge in [0, 0.05) is 20.0 Å². The Hall–Kier alpha value is -2.66. The Balaban J connectivity index is 1.49. The van der Waals surface area contributed by atoms with Crippen LogP contribution in [0.15, 0.2) is 48.5 Å². The van der Waals surface area contributed by atoms with Gasteiger partial charge in [-0.3, -0.25) is 0 Å². The Labute approximate surface area is 141 Å². The van der Waals surface area contributed by atoms with Crippen molar-refractivity contribution in [3.63, 3.8) is 0 Å². The fourth-order valence-electron chi connectivity index (χ4n) is 2.84. The third-order valence-electron chi connectivity index (χ3n) is 4.14. The Morgan fingerprint density at radius 1 is 1.21 bits per heavy atom. The van der Waals surface area contributed by atoms with Crippen LogP contribution in [0.1, 0.15) is 28.2 Å². The third-order valence-corrected chi connectivity index (χ3v) is 4.14. The van der Waals surface area contributed by atoms with E-state index in [1.165, 1.54) is 0 Å². The maximum Gasteiger partial charge on any atom is 0.335 e. The van der Waals surface area contributed by atoms with Crippen molar-refractivity contribution in [3.8, 4) is 0 Å². The largest absolute Gasteiger partial charge is 0.478 e. The zero-order chi connectivity index (χ0) is 16.9. The summed E-state index contributed by atoms with van der Waals surface area (Å²) >= 11 is 0. The van der Waals surface area contributed by atoms with E-state index >= 15 is 0 Å². The molecule has 124 valence electrons. The molecule has 0 aliphatic carbocycles. The van der Waals surface area contributed by atoms with Gasteiger partial charge >= 0.3 is 5.97 Å². The van der Waals surface area contributed by atoms with Gasteiger partial charge in [-0.1, -0.05) is 24.3 Å². The molecule has 0 atom stereocenters. The molecule has 5 heteroatoms. The van der Waals surface area contributed by atoms with Gasteiger partial charge in [-0.05, 0) is 42.8 Å². The number of hydrogen-bond donors (Lipinski definition) is 2. The first-order valence-corrected chi connectivity index (χ1v) is 8.08. The van der Waals surface area contributed by atoms with E-state index in [9.17, 15) is 4.79 Å². The number of nitrogens with zero attached hydrogens (tertiary/aromatic N) is 2. The summed E-state index contributed by atoms with van der Waals surface area (Å²) < 4.78 is 2.14. The summed E-state index contributed by atoms with van der Waals surface area (Å²) in [5, 5.41) is 12.4. The number of imidazole rings is 1. The van der Waals surface area contributed by atoms with Crippen molar-refractivity contribution >= 4 is 17.0 Å². The predicted molar refractivity (Wildman–Crippen MR) is 94.1 cm³/mol. The summed E-state index contributed by atoms with van der Waals surface area (Å²) in [6.45, 7) is 1.53. The van der Waals surface area contributed by atoms with E-state index < -0.39 is 5.97 Å². The number of aromatic carboxylic acids is 1. The first-order chi connectivity index (χ1) is 11.6. The lowest BCUT2D eigenvalue weighted by Gasteiger charge is -2.06. The van der Waals surface area contributed by atoms with Crippen molar-refractivity contribution in [2.24, 2.45) is 7.05 Å². The molecule has 24 heavy (non-hydrogen) atoms. The number of aromatic nitrogens is 2. The Kier molecular flexibility index (Phi) is 4.91. The van der Waals surface area contributed by atoms with Crippen LogP contribution in [0.5, 0.6) is 0 Å². The second kappa shape index (κ2) is 7.27. The van der Waals surface area contributed by atoms with Gasteiger partial charge in [-0.15, -0.1) is 0 Å². The molecular weight excluding hydrogens is 302 g/mol. The zero-order valence-electron chi connectivity index (χ0n) is 13.7. The van der Waals surface area contributed by atoms with Crippen LogP contribution >= 0.6 is 0 Å². The van der Waals surface area contributed by atoms with Crippen molar-refractivity contribution in [2.45, 2.75) is 19.4 Å². The fourth-order valence-corrected chi connectivity index (χ4v) is 2.84. The van der Waals surface area contributed by atoms with Crippen molar-refractivity contribution in [3.05, 3.63) is 65.5 Å². The summed E-state index contributed by atoms with van der Waals surface area (Å²) in [5.74, 6) is 0.199. The average Bonchev–Trinajstić information content (AvgIpc) is 2.91. The molecule has 0 spiro atoms. The number of hydrogen-bond acceptors (Lipinski definition) is 3. The third kappa shape index (κ3) is 3.63. The molecule has 0 fully saturated rings. The molecule has 0 bridgehead atoms. The highest BCUT2D eigenvalue weighted by Gasteiger charge is 2.06. The van der Waals surface area contributed by atoms with Gasteiger partial charge in [0.25, 0.3) is 0 Å². The fraction of sp³-hybridized carbons (Fsp3) is 0.263. The summed E-state index contributed by atoms with van der Waals surface area (Å²) in [5.41, 5.74) is 3.51.